The molecule has 0 aliphatic rings. The lowest BCUT2D eigenvalue weighted by atomic mass is 10.0. The van der Waals surface area contributed by atoms with E-state index in [1.54, 1.807) is 0 Å². The summed E-state index contributed by atoms with van der Waals surface area (Å²) in [5.74, 6) is 0.660. The molecule has 2 N–H and O–H groups in total. The normalized spacial score (nSPS) is 13.3. The number of hydrogen-bond acceptors (Lipinski definition) is 4. The molecule has 0 aliphatic heterocycles. The Labute approximate surface area is 162 Å². The quantitative estimate of drug-likeness (QED) is 0.713. The average molecular weight is 370 g/mol. The van der Waals surface area contributed by atoms with Gasteiger partial charge in [-0.25, -0.2) is 0 Å². The Hall–Kier alpha value is -2.37. The van der Waals surface area contributed by atoms with E-state index < -0.39 is 6.10 Å². The first kappa shape index (κ1) is 20.9. The van der Waals surface area contributed by atoms with Gasteiger partial charge in [0.15, 0.2) is 0 Å². The minimum absolute atomic E-state index is 0.128. The van der Waals surface area contributed by atoms with Crippen molar-refractivity contribution in [2.45, 2.75) is 32.9 Å². The predicted octanol–water partition coefficient (Wildman–Crippen LogP) is 2.85. The molecule has 146 valence electrons. The van der Waals surface area contributed by atoms with Gasteiger partial charge in [-0.3, -0.25) is 9.69 Å². The lowest BCUT2D eigenvalue weighted by molar-refractivity contribution is -0.126. The van der Waals surface area contributed by atoms with Crippen LogP contribution >= 0.6 is 0 Å². The van der Waals surface area contributed by atoms with E-state index in [0.29, 0.717) is 0 Å². The molecule has 5 nitrogen and oxygen atoms in total. The minimum atomic E-state index is -0.781. The fourth-order valence-electron chi connectivity index (χ4n) is 3.00. The number of likely N-dealkylation sites (N-methyl/N-ethyl adjacent to an activating group) is 1. The molecule has 2 aromatic rings. The zero-order valence-electron chi connectivity index (χ0n) is 16.6. The highest BCUT2D eigenvalue weighted by molar-refractivity contribution is 5.83. The number of para-hydroxylation sites is 1. The van der Waals surface area contributed by atoms with Crippen molar-refractivity contribution in [3.63, 3.8) is 0 Å². The zero-order chi connectivity index (χ0) is 19.8. The molecule has 1 amide bonds. The molecule has 0 bridgehead atoms. The number of benzene rings is 2. The van der Waals surface area contributed by atoms with Crippen LogP contribution in [0, 0.1) is 13.8 Å². The standard InChI is InChI=1S/C22H30N2O3/c1-5-24(4)20(18-12-7-6-8-13-18)22(26)23-14-19(25)15-27-21-16(2)10-9-11-17(21)3/h6-13,19-20,25H,5,14-15H2,1-4H3,(H,23,26). The molecule has 0 fully saturated rings. The van der Waals surface area contributed by atoms with Gasteiger partial charge >= 0.3 is 0 Å². The molecule has 0 saturated carbocycles. The zero-order valence-corrected chi connectivity index (χ0v) is 16.6. The lowest BCUT2D eigenvalue weighted by Crippen LogP contribution is -2.42. The Morgan fingerprint density at radius 2 is 1.74 bits per heavy atom. The van der Waals surface area contributed by atoms with Crippen LogP contribution in [0.15, 0.2) is 48.5 Å². The molecule has 5 heteroatoms. The van der Waals surface area contributed by atoms with Crippen molar-refractivity contribution in [3.8, 4) is 5.75 Å². The van der Waals surface area contributed by atoms with Crippen LogP contribution in [0.4, 0.5) is 0 Å². The fourth-order valence-corrected chi connectivity index (χ4v) is 3.00. The summed E-state index contributed by atoms with van der Waals surface area (Å²) < 4.78 is 5.76. The number of amides is 1. The molecular weight excluding hydrogens is 340 g/mol. The van der Waals surface area contributed by atoms with Crippen molar-refractivity contribution in [2.24, 2.45) is 0 Å². The van der Waals surface area contributed by atoms with E-state index in [-0.39, 0.29) is 25.1 Å². The van der Waals surface area contributed by atoms with Gasteiger partial charge in [0.1, 0.15) is 24.5 Å². The molecule has 0 aromatic heterocycles. The number of aryl methyl sites for hydroxylation is 2. The smallest absolute Gasteiger partial charge is 0.242 e. The highest BCUT2D eigenvalue weighted by Crippen LogP contribution is 2.22. The van der Waals surface area contributed by atoms with Crippen LogP contribution in [0.5, 0.6) is 5.75 Å². The summed E-state index contributed by atoms with van der Waals surface area (Å²) in [6.45, 7) is 6.97. The number of rotatable bonds is 9. The molecule has 27 heavy (non-hydrogen) atoms. The molecule has 2 aromatic carbocycles. The van der Waals surface area contributed by atoms with Gasteiger partial charge in [0.05, 0.1) is 0 Å². The lowest BCUT2D eigenvalue weighted by Gasteiger charge is -2.27. The van der Waals surface area contributed by atoms with Gasteiger partial charge in [-0.1, -0.05) is 55.5 Å². The van der Waals surface area contributed by atoms with E-state index in [2.05, 4.69) is 5.32 Å². The number of nitrogens with zero attached hydrogens (tertiary/aromatic N) is 1. The van der Waals surface area contributed by atoms with Crippen molar-refractivity contribution >= 4 is 5.91 Å². The Kier molecular flexibility index (Phi) is 7.82. The van der Waals surface area contributed by atoms with Gasteiger partial charge < -0.3 is 15.2 Å². The Morgan fingerprint density at radius 1 is 1.11 bits per heavy atom. The second kappa shape index (κ2) is 10.1. The number of nitrogens with one attached hydrogen (secondary N) is 1. The second-order valence-corrected chi connectivity index (χ2v) is 6.82. The van der Waals surface area contributed by atoms with Crippen molar-refractivity contribution in [1.82, 2.24) is 10.2 Å². The van der Waals surface area contributed by atoms with Gasteiger partial charge in [0.2, 0.25) is 5.91 Å². The molecule has 2 rings (SSSR count). The highest BCUT2D eigenvalue weighted by atomic mass is 16.5. The summed E-state index contributed by atoms with van der Waals surface area (Å²) in [5.41, 5.74) is 2.99. The first-order valence-electron chi connectivity index (χ1n) is 9.34. The van der Waals surface area contributed by atoms with Gasteiger partial charge in [-0.05, 0) is 44.1 Å². The largest absolute Gasteiger partial charge is 0.490 e. The summed E-state index contributed by atoms with van der Waals surface area (Å²) in [7, 11) is 1.91. The Morgan fingerprint density at radius 3 is 2.33 bits per heavy atom. The van der Waals surface area contributed by atoms with Crippen molar-refractivity contribution in [3.05, 3.63) is 65.2 Å². The van der Waals surface area contributed by atoms with E-state index in [1.807, 2.05) is 81.2 Å². The number of aliphatic hydroxyl groups is 1. The first-order valence-corrected chi connectivity index (χ1v) is 9.34. The van der Waals surface area contributed by atoms with Crippen molar-refractivity contribution in [1.29, 1.82) is 0 Å². The third-order valence-corrected chi connectivity index (χ3v) is 4.64. The number of ether oxygens (including phenoxy) is 1. The molecular formula is C22H30N2O3. The highest BCUT2D eigenvalue weighted by Gasteiger charge is 2.24. The number of hydrogen-bond donors (Lipinski definition) is 2. The Balaban J connectivity index is 1.92. The molecule has 0 heterocycles. The van der Waals surface area contributed by atoms with E-state index in [0.717, 1.165) is 29.0 Å². The van der Waals surface area contributed by atoms with Crippen LogP contribution in [0.1, 0.15) is 29.7 Å². The minimum Gasteiger partial charge on any atom is -0.490 e. The summed E-state index contributed by atoms with van der Waals surface area (Å²) in [5, 5.41) is 13.1. The maximum absolute atomic E-state index is 12.7. The van der Waals surface area contributed by atoms with E-state index in [4.69, 9.17) is 4.74 Å². The topological polar surface area (TPSA) is 61.8 Å². The van der Waals surface area contributed by atoms with Crippen molar-refractivity contribution < 1.29 is 14.6 Å². The number of aliphatic hydroxyl groups excluding tert-OH is 1. The van der Waals surface area contributed by atoms with Crippen LogP contribution in [0.3, 0.4) is 0 Å². The molecule has 2 unspecified atom stereocenters. The molecule has 0 saturated heterocycles. The van der Waals surface area contributed by atoms with Gasteiger partial charge in [-0.15, -0.1) is 0 Å². The molecule has 0 aliphatic carbocycles. The second-order valence-electron chi connectivity index (χ2n) is 6.82. The van der Waals surface area contributed by atoms with Crippen molar-refractivity contribution in [2.75, 3.05) is 26.7 Å². The maximum atomic E-state index is 12.7. The van der Waals surface area contributed by atoms with E-state index in [1.165, 1.54) is 0 Å². The summed E-state index contributed by atoms with van der Waals surface area (Å²) >= 11 is 0. The summed E-state index contributed by atoms with van der Waals surface area (Å²) in [4.78, 5) is 14.7. The monoisotopic (exact) mass is 370 g/mol. The fraction of sp³-hybridized carbons (Fsp3) is 0.409. The third-order valence-electron chi connectivity index (χ3n) is 4.64. The summed E-state index contributed by atoms with van der Waals surface area (Å²) in [6.07, 6.45) is -0.781. The van der Waals surface area contributed by atoms with E-state index in [9.17, 15) is 9.90 Å². The van der Waals surface area contributed by atoms with Crippen LogP contribution in [-0.4, -0.2) is 48.8 Å². The van der Waals surface area contributed by atoms with Gasteiger partial charge in [0, 0.05) is 6.54 Å². The molecule has 0 radical (unpaired) electrons. The van der Waals surface area contributed by atoms with Crippen LogP contribution in [-0.2, 0) is 4.79 Å². The molecule has 2 atom stereocenters. The molecule has 0 spiro atoms. The Bertz CT molecular complexity index is 713. The number of carbonyl (C=O) groups excluding carboxylic acids is 1. The van der Waals surface area contributed by atoms with Gasteiger partial charge in [-0.2, -0.15) is 0 Å². The summed E-state index contributed by atoms with van der Waals surface area (Å²) in [6, 6.07) is 15.2. The van der Waals surface area contributed by atoms with Crippen LogP contribution < -0.4 is 10.1 Å². The number of carbonyl (C=O) groups is 1. The maximum Gasteiger partial charge on any atom is 0.242 e. The predicted molar refractivity (Wildman–Crippen MR) is 108 cm³/mol. The van der Waals surface area contributed by atoms with Gasteiger partial charge in [0.25, 0.3) is 0 Å². The van der Waals surface area contributed by atoms with Crippen LogP contribution in [0.2, 0.25) is 0 Å². The first-order chi connectivity index (χ1) is 12.9. The van der Waals surface area contributed by atoms with E-state index >= 15 is 0 Å². The average Bonchev–Trinajstić information content (AvgIpc) is 2.66. The van der Waals surface area contributed by atoms with Crippen LogP contribution in [0.25, 0.3) is 0 Å². The third kappa shape index (κ3) is 5.81. The SMILES string of the molecule is CCN(C)C(C(=O)NCC(O)COc1c(C)cccc1C)c1ccccc1.